The van der Waals surface area contributed by atoms with E-state index in [1.165, 1.54) is 6.92 Å². The molecule has 1 N–H and O–H groups in total. The summed E-state index contributed by atoms with van der Waals surface area (Å²) in [6.45, 7) is 5.69. The van der Waals surface area contributed by atoms with Gasteiger partial charge in [-0.15, -0.1) is 0 Å². The number of esters is 1. The second-order valence-electron chi connectivity index (χ2n) is 4.93. The Bertz CT molecular complexity index is 447. The van der Waals surface area contributed by atoms with Gasteiger partial charge in [0, 0.05) is 6.42 Å². The van der Waals surface area contributed by atoms with Crippen molar-refractivity contribution in [2.24, 2.45) is 0 Å². The highest BCUT2D eigenvalue weighted by Crippen LogP contribution is 2.22. The second-order valence-corrected chi connectivity index (χ2v) is 4.93. The summed E-state index contributed by atoms with van der Waals surface area (Å²) in [7, 11) is 0. The predicted molar refractivity (Wildman–Crippen MR) is 80.4 cm³/mol. The highest BCUT2D eigenvalue weighted by Gasteiger charge is 2.35. The topological polar surface area (TPSA) is 46.5 Å². The molecular formula is C17H24O3. The van der Waals surface area contributed by atoms with Gasteiger partial charge >= 0.3 is 5.97 Å². The van der Waals surface area contributed by atoms with Crippen molar-refractivity contribution in [1.29, 1.82) is 0 Å². The summed E-state index contributed by atoms with van der Waals surface area (Å²) in [6, 6.07) is 9.82. The molecule has 3 nitrogen and oxygen atoms in total. The molecule has 1 unspecified atom stereocenters. The third-order valence-electron chi connectivity index (χ3n) is 3.32. The summed E-state index contributed by atoms with van der Waals surface area (Å²) < 4.78 is 5.21. The number of hydrogen-bond donors (Lipinski definition) is 1. The van der Waals surface area contributed by atoms with Gasteiger partial charge in [-0.05, 0) is 30.9 Å². The zero-order chi connectivity index (χ0) is 15.0. The molecule has 0 radical (unpaired) electrons. The van der Waals surface area contributed by atoms with E-state index in [0.717, 1.165) is 12.0 Å². The Balaban J connectivity index is 2.55. The van der Waals surface area contributed by atoms with Crippen LogP contribution in [-0.2, 0) is 16.0 Å². The zero-order valence-electron chi connectivity index (χ0n) is 12.6. The molecule has 0 saturated carbocycles. The van der Waals surface area contributed by atoms with Gasteiger partial charge < -0.3 is 9.84 Å². The van der Waals surface area contributed by atoms with E-state index in [4.69, 9.17) is 4.74 Å². The monoisotopic (exact) mass is 276 g/mol. The molecule has 1 rings (SSSR count). The summed E-state index contributed by atoms with van der Waals surface area (Å²) in [6.07, 6.45) is 3.96. The minimum atomic E-state index is -1.53. The molecule has 0 spiro atoms. The van der Waals surface area contributed by atoms with Crippen molar-refractivity contribution in [3.05, 3.63) is 47.5 Å². The van der Waals surface area contributed by atoms with Gasteiger partial charge in [-0.3, -0.25) is 0 Å². The molecule has 0 fully saturated rings. The first-order valence-corrected chi connectivity index (χ1v) is 7.15. The molecule has 0 aliphatic carbocycles. The lowest BCUT2D eigenvalue weighted by Crippen LogP contribution is -2.39. The van der Waals surface area contributed by atoms with Crippen LogP contribution in [0.15, 0.2) is 42.0 Å². The Labute approximate surface area is 121 Å². The van der Waals surface area contributed by atoms with E-state index in [0.29, 0.717) is 18.4 Å². The number of rotatable bonds is 7. The van der Waals surface area contributed by atoms with Crippen LogP contribution in [0.25, 0.3) is 0 Å². The van der Waals surface area contributed by atoms with E-state index < -0.39 is 11.6 Å². The van der Waals surface area contributed by atoms with Crippen LogP contribution in [0, 0.1) is 0 Å². The molecule has 1 atom stereocenters. The van der Waals surface area contributed by atoms with Crippen LogP contribution >= 0.6 is 0 Å². The molecule has 0 amide bonds. The van der Waals surface area contributed by atoms with Gasteiger partial charge in [0.25, 0.3) is 0 Å². The summed E-state index contributed by atoms with van der Waals surface area (Å²) >= 11 is 0. The van der Waals surface area contributed by atoms with E-state index in [2.05, 4.69) is 0 Å². The summed E-state index contributed by atoms with van der Waals surface area (Å²) in [4.78, 5) is 12.0. The standard InChI is InChI=1S/C17H24O3/c1-4-9-15(5-2)17(3,19)16(18)20-13-12-14-10-7-6-8-11-14/h6-11,19H,4-5,12-13H2,1-3H3/b15-9+. The maximum absolute atomic E-state index is 12.0. The molecule has 20 heavy (non-hydrogen) atoms. The molecule has 1 aromatic carbocycles. The van der Waals surface area contributed by atoms with Crippen molar-refractivity contribution in [2.75, 3.05) is 6.61 Å². The van der Waals surface area contributed by atoms with Gasteiger partial charge in [0.15, 0.2) is 5.60 Å². The van der Waals surface area contributed by atoms with E-state index in [1.807, 2.05) is 50.3 Å². The third-order valence-corrected chi connectivity index (χ3v) is 3.32. The van der Waals surface area contributed by atoms with Crippen molar-refractivity contribution in [2.45, 2.75) is 45.6 Å². The fourth-order valence-corrected chi connectivity index (χ4v) is 2.11. The average molecular weight is 276 g/mol. The van der Waals surface area contributed by atoms with Crippen LogP contribution in [0.5, 0.6) is 0 Å². The molecule has 0 bridgehead atoms. The first-order chi connectivity index (χ1) is 9.52. The minimum Gasteiger partial charge on any atom is -0.463 e. The van der Waals surface area contributed by atoms with Gasteiger partial charge in [0.1, 0.15) is 0 Å². The molecular weight excluding hydrogens is 252 g/mol. The second kappa shape index (κ2) is 7.85. The third kappa shape index (κ3) is 4.49. The number of allylic oxidation sites excluding steroid dienone is 1. The number of carbonyl (C=O) groups is 1. The summed E-state index contributed by atoms with van der Waals surface area (Å²) in [5.41, 5.74) is 0.297. The quantitative estimate of drug-likeness (QED) is 0.614. The highest BCUT2D eigenvalue weighted by molar-refractivity contribution is 5.82. The van der Waals surface area contributed by atoms with Crippen molar-refractivity contribution in [3.63, 3.8) is 0 Å². The number of hydrogen-bond acceptors (Lipinski definition) is 3. The Hall–Kier alpha value is -1.61. The number of ether oxygens (including phenoxy) is 1. The molecule has 0 aliphatic rings. The van der Waals surface area contributed by atoms with Crippen LogP contribution < -0.4 is 0 Å². The lowest BCUT2D eigenvalue weighted by molar-refractivity contribution is -0.160. The van der Waals surface area contributed by atoms with Gasteiger partial charge in [0.2, 0.25) is 0 Å². The smallest absolute Gasteiger partial charge is 0.342 e. The zero-order valence-corrected chi connectivity index (χ0v) is 12.6. The van der Waals surface area contributed by atoms with Gasteiger partial charge in [-0.2, -0.15) is 0 Å². The van der Waals surface area contributed by atoms with Crippen molar-refractivity contribution in [3.8, 4) is 0 Å². The van der Waals surface area contributed by atoms with Crippen LogP contribution in [0.4, 0.5) is 0 Å². The molecule has 1 aromatic rings. The maximum Gasteiger partial charge on any atom is 0.342 e. The van der Waals surface area contributed by atoms with Gasteiger partial charge in [0.05, 0.1) is 6.61 Å². The fourth-order valence-electron chi connectivity index (χ4n) is 2.11. The van der Waals surface area contributed by atoms with Crippen LogP contribution in [-0.4, -0.2) is 23.3 Å². The maximum atomic E-state index is 12.0. The number of aliphatic hydroxyl groups is 1. The largest absolute Gasteiger partial charge is 0.463 e. The van der Waals surface area contributed by atoms with Gasteiger partial charge in [-0.25, -0.2) is 4.79 Å². The van der Waals surface area contributed by atoms with Crippen molar-refractivity contribution < 1.29 is 14.6 Å². The Kier molecular flexibility index (Phi) is 6.46. The van der Waals surface area contributed by atoms with E-state index >= 15 is 0 Å². The van der Waals surface area contributed by atoms with E-state index in [-0.39, 0.29) is 6.61 Å². The van der Waals surface area contributed by atoms with Crippen LogP contribution in [0.3, 0.4) is 0 Å². The number of carbonyl (C=O) groups excluding carboxylic acids is 1. The fraction of sp³-hybridized carbons (Fsp3) is 0.471. The SMILES string of the molecule is CC/C=C(\CC)C(C)(O)C(=O)OCCc1ccccc1. The number of benzene rings is 1. The molecule has 110 valence electrons. The summed E-state index contributed by atoms with van der Waals surface area (Å²) in [5, 5.41) is 10.3. The molecule has 3 heteroatoms. The average Bonchev–Trinajstić information content (AvgIpc) is 2.45. The highest BCUT2D eigenvalue weighted by atomic mass is 16.5. The Morgan fingerprint density at radius 1 is 1.30 bits per heavy atom. The van der Waals surface area contributed by atoms with Crippen molar-refractivity contribution in [1.82, 2.24) is 0 Å². The Morgan fingerprint density at radius 3 is 2.50 bits per heavy atom. The minimum absolute atomic E-state index is 0.280. The van der Waals surface area contributed by atoms with E-state index in [9.17, 15) is 9.90 Å². The predicted octanol–water partition coefficient (Wildman–Crippen LogP) is 3.27. The van der Waals surface area contributed by atoms with Crippen LogP contribution in [0.1, 0.15) is 39.2 Å². The van der Waals surface area contributed by atoms with Crippen LogP contribution in [0.2, 0.25) is 0 Å². The first kappa shape index (κ1) is 16.4. The van der Waals surface area contributed by atoms with Crippen molar-refractivity contribution >= 4 is 5.97 Å². The molecule has 0 aliphatic heterocycles. The van der Waals surface area contributed by atoms with Gasteiger partial charge in [-0.1, -0.05) is 50.3 Å². The van der Waals surface area contributed by atoms with E-state index in [1.54, 1.807) is 0 Å². The normalized spacial score (nSPS) is 14.7. The molecule has 0 heterocycles. The first-order valence-electron chi connectivity index (χ1n) is 7.15. The lowest BCUT2D eigenvalue weighted by atomic mass is 9.93. The Morgan fingerprint density at radius 2 is 1.95 bits per heavy atom. The lowest BCUT2D eigenvalue weighted by Gasteiger charge is -2.24. The molecule has 0 aromatic heterocycles. The molecule has 0 saturated heterocycles. The summed E-state index contributed by atoms with van der Waals surface area (Å²) in [5.74, 6) is -0.574.